The monoisotopic (exact) mass is 327 g/mol. The summed E-state index contributed by atoms with van der Waals surface area (Å²) in [7, 11) is 0. The fourth-order valence-electron chi connectivity index (χ4n) is 1.37. The number of carbonyl (C=O) groups is 1. The summed E-state index contributed by atoms with van der Waals surface area (Å²) in [4.78, 5) is 20.0. The fourth-order valence-corrected chi connectivity index (χ4v) is 2.98. The van der Waals surface area contributed by atoms with E-state index in [1.807, 2.05) is 6.92 Å². The van der Waals surface area contributed by atoms with Crippen LogP contribution in [0.4, 0.5) is 5.69 Å². The Balaban J connectivity index is 2.18. The van der Waals surface area contributed by atoms with Gasteiger partial charge < -0.3 is 10.4 Å². The lowest BCUT2D eigenvalue weighted by molar-refractivity contribution is 0.102. The van der Waals surface area contributed by atoms with Gasteiger partial charge in [-0.05, 0) is 35.0 Å². The van der Waals surface area contributed by atoms with Crippen molar-refractivity contribution in [3.63, 3.8) is 0 Å². The lowest BCUT2D eigenvalue weighted by atomic mass is 10.3. The molecule has 2 aromatic rings. The number of anilines is 1. The van der Waals surface area contributed by atoms with Gasteiger partial charge in [0, 0.05) is 11.9 Å². The van der Waals surface area contributed by atoms with Gasteiger partial charge in [0.25, 0.3) is 5.91 Å². The van der Waals surface area contributed by atoms with Gasteiger partial charge in [-0.15, -0.1) is 11.3 Å². The Morgan fingerprint density at radius 3 is 3.00 bits per heavy atom. The fraction of sp³-hybridized carbons (Fsp3) is 0.182. The number of aliphatic hydroxyl groups is 1. The van der Waals surface area contributed by atoms with E-state index in [0.29, 0.717) is 20.9 Å². The third-order valence-electron chi connectivity index (χ3n) is 2.14. The number of aryl methyl sites for hydroxylation is 1. The van der Waals surface area contributed by atoms with Crippen molar-refractivity contribution in [3.8, 4) is 0 Å². The minimum absolute atomic E-state index is 0.163. The minimum Gasteiger partial charge on any atom is -0.390 e. The number of thiazole rings is 1. The molecule has 0 atom stereocenters. The van der Waals surface area contributed by atoms with E-state index in [2.05, 4.69) is 31.2 Å². The summed E-state index contributed by atoms with van der Waals surface area (Å²) in [6.45, 7) is 1.67. The Kier molecular flexibility index (Phi) is 4.05. The smallest absolute Gasteiger partial charge is 0.276 e. The second kappa shape index (κ2) is 5.55. The summed E-state index contributed by atoms with van der Waals surface area (Å²) < 4.78 is 0.703. The Labute approximate surface area is 116 Å². The molecule has 1 amide bonds. The number of hydrogen-bond acceptors (Lipinski definition) is 5. The van der Waals surface area contributed by atoms with Gasteiger partial charge in [0.1, 0.15) is 3.79 Å². The lowest BCUT2D eigenvalue weighted by Gasteiger charge is -2.04. The third kappa shape index (κ3) is 2.92. The van der Waals surface area contributed by atoms with Gasteiger partial charge in [-0.25, -0.2) is 4.98 Å². The van der Waals surface area contributed by atoms with Crippen molar-refractivity contribution >= 4 is 38.9 Å². The normalized spacial score (nSPS) is 10.4. The van der Waals surface area contributed by atoms with Gasteiger partial charge in [0.15, 0.2) is 5.69 Å². The third-order valence-corrected chi connectivity index (χ3v) is 3.76. The molecule has 2 N–H and O–H groups in total. The molecule has 0 fully saturated rings. The largest absolute Gasteiger partial charge is 0.390 e. The first kappa shape index (κ1) is 13.1. The summed E-state index contributed by atoms with van der Waals surface area (Å²) >= 11 is 4.71. The molecule has 0 saturated heterocycles. The number of rotatable bonds is 3. The molecule has 0 saturated carbocycles. The van der Waals surface area contributed by atoms with Gasteiger partial charge in [-0.3, -0.25) is 9.78 Å². The molecule has 0 spiro atoms. The standard InChI is InChI=1S/C11H10BrN3O2S/c1-6-14-9(10(12)18-6)11(17)15-7-2-3-13-8(4-7)5-16/h2-4,16H,5H2,1H3,(H,13,15,17). The van der Waals surface area contributed by atoms with Gasteiger partial charge in [0.2, 0.25) is 0 Å². The van der Waals surface area contributed by atoms with Crippen molar-refractivity contribution in [3.05, 3.63) is 38.5 Å². The molecule has 0 aromatic carbocycles. The molecule has 2 heterocycles. The van der Waals surface area contributed by atoms with Gasteiger partial charge in [0.05, 0.1) is 17.3 Å². The molecule has 2 rings (SSSR count). The van der Waals surface area contributed by atoms with E-state index in [1.165, 1.54) is 17.5 Å². The lowest BCUT2D eigenvalue weighted by Crippen LogP contribution is -2.13. The van der Waals surface area contributed by atoms with Crippen molar-refractivity contribution in [1.29, 1.82) is 0 Å². The number of pyridine rings is 1. The Hall–Kier alpha value is -1.31. The number of halogens is 1. The zero-order chi connectivity index (χ0) is 13.1. The highest BCUT2D eigenvalue weighted by Crippen LogP contribution is 2.25. The molecule has 5 nitrogen and oxygen atoms in total. The van der Waals surface area contributed by atoms with E-state index in [0.717, 1.165) is 5.01 Å². The predicted molar refractivity (Wildman–Crippen MR) is 72.7 cm³/mol. The Morgan fingerprint density at radius 2 is 2.39 bits per heavy atom. The molecule has 0 radical (unpaired) electrons. The summed E-state index contributed by atoms with van der Waals surface area (Å²) in [6.07, 6.45) is 1.53. The number of nitrogens with zero attached hydrogens (tertiary/aromatic N) is 2. The second-order valence-corrected chi connectivity index (χ2v) is 6.02. The van der Waals surface area contributed by atoms with E-state index in [1.54, 1.807) is 12.1 Å². The van der Waals surface area contributed by atoms with Crippen LogP contribution in [0, 0.1) is 6.92 Å². The molecular formula is C11H10BrN3O2S. The maximum atomic E-state index is 12.0. The molecule has 18 heavy (non-hydrogen) atoms. The van der Waals surface area contributed by atoms with Crippen LogP contribution >= 0.6 is 27.3 Å². The van der Waals surface area contributed by atoms with E-state index in [4.69, 9.17) is 5.11 Å². The van der Waals surface area contributed by atoms with Gasteiger partial charge in [-0.1, -0.05) is 0 Å². The molecule has 0 aliphatic heterocycles. The van der Waals surface area contributed by atoms with Crippen molar-refractivity contribution < 1.29 is 9.90 Å². The summed E-state index contributed by atoms with van der Waals surface area (Å²) in [5.74, 6) is -0.290. The predicted octanol–water partition coefficient (Wildman–Crippen LogP) is 2.35. The van der Waals surface area contributed by atoms with Crippen molar-refractivity contribution in [2.45, 2.75) is 13.5 Å². The highest BCUT2D eigenvalue weighted by Gasteiger charge is 2.15. The molecule has 7 heteroatoms. The SMILES string of the molecule is Cc1nc(C(=O)Nc2ccnc(CO)c2)c(Br)s1. The highest BCUT2D eigenvalue weighted by atomic mass is 79.9. The van der Waals surface area contributed by atoms with Crippen LogP contribution in [0.15, 0.2) is 22.1 Å². The topological polar surface area (TPSA) is 75.1 Å². The van der Waals surface area contributed by atoms with Gasteiger partial charge >= 0.3 is 0 Å². The van der Waals surface area contributed by atoms with E-state index in [-0.39, 0.29) is 12.5 Å². The number of hydrogen-bond donors (Lipinski definition) is 2. The van der Waals surface area contributed by atoms with Crippen LogP contribution < -0.4 is 5.32 Å². The van der Waals surface area contributed by atoms with E-state index >= 15 is 0 Å². The van der Waals surface area contributed by atoms with E-state index in [9.17, 15) is 4.79 Å². The number of carbonyl (C=O) groups excluding carboxylic acids is 1. The average Bonchev–Trinajstić information content (AvgIpc) is 2.69. The summed E-state index contributed by atoms with van der Waals surface area (Å²) in [6, 6.07) is 3.27. The molecule has 0 unspecified atom stereocenters. The Bertz CT molecular complexity index is 585. The van der Waals surface area contributed by atoms with Crippen LogP contribution in [-0.4, -0.2) is 21.0 Å². The van der Waals surface area contributed by atoms with Crippen LogP contribution in [0.5, 0.6) is 0 Å². The molecule has 0 bridgehead atoms. The molecule has 0 aliphatic carbocycles. The average molecular weight is 328 g/mol. The first-order chi connectivity index (χ1) is 8.60. The first-order valence-electron chi connectivity index (χ1n) is 5.10. The van der Waals surface area contributed by atoms with Crippen molar-refractivity contribution in [1.82, 2.24) is 9.97 Å². The van der Waals surface area contributed by atoms with Crippen molar-refractivity contribution in [2.24, 2.45) is 0 Å². The number of nitrogens with one attached hydrogen (secondary N) is 1. The van der Waals surface area contributed by atoms with Gasteiger partial charge in [-0.2, -0.15) is 0 Å². The van der Waals surface area contributed by atoms with Crippen LogP contribution in [0.1, 0.15) is 21.2 Å². The molecule has 2 aromatic heterocycles. The quantitative estimate of drug-likeness (QED) is 0.907. The van der Waals surface area contributed by atoms with Crippen LogP contribution in [-0.2, 0) is 6.61 Å². The van der Waals surface area contributed by atoms with E-state index < -0.39 is 0 Å². The van der Waals surface area contributed by atoms with Crippen molar-refractivity contribution in [2.75, 3.05) is 5.32 Å². The maximum Gasteiger partial charge on any atom is 0.276 e. The Morgan fingerprint density at radius 1 is 1.61 bits per heavy atom. The zero-order valence-electron chi connectivity index (χ0n) is 9.48. The number of amides is 1. The van der Waals surface area contributed by atoms with Crippen LogP contribution in [0.3, 0.4) is 0 Å². The molecule has 94 valence electrons. The summed E-state index contributed by atoms with van der Waals surface area (Å²) in [5.41, 5.74) is 1.44. The number of aliphatic hydroxyl groups excluding tert-OH is 1. The highest BCUT2D eigenvalue weighted by molar-refractivity contribution is 9.11. The first-order valence-corrected chi connectivity index (χ1v) is 6.71. The van der Waals surface area contributed by atoms with Crippen LogP contribution in [0.25, 0.3) is 0 Å². The molecular weight excluding hydrogens is 318 g/mol. The molecule has 0 aliphatic rings. The zero-order valence-corrected chi connectivity index (χ0v) is 11.9. The van der Waals surface area contributed by atoms with Crippen LogP contribution in [0.2, 0.25) is 0 Å². The summed E-state index contributed by atoms with van der Waals surface area (Å²) in [5, 5.41) is 12.5. The minimum atomic E-state index is -0.290. The second-order valence-electron chi connectivity index (χ2n) is 3.50. The maximum absolute atomic E-state index is 12.0. The number of aromatic nitrogens is 2.